The minimum absolute atomic E-state index is 0.315. The van der Waals surface area contributed by atoms with E-state index < -0.39 is 6.17 Å². The van der Waals surface area contributed by atoms with Crippen molar-refractivity contribution < 1.29 is 8.83 Å². The number of aromatic nitrogens is 1. The standard InChI is InChI=1S/C44H31N5O2/c1-2-27(38-32-20-13-24-36(40(32)51-41(38)45)49-34-22-9-6-16-28(34)29-17-7-10-23-35(29)49)43-46-42(26-14-4-3-5-15-26)47-44(48-43)33-21-12-19-31-30-18-8-11-25-37(30)50-39(31)33/h2-25,44H,45H2,1H3,(H,46,47,48)/b27-2+. The summed E-state index contributed by atoms with van der Waals surface area (Å²) in [6.45, 7) is 2.00. The first-order chi connectivity index (χ1) is 25.2. The lowest BCUT2D eigenvalue weighted by Gasteiger charge is -2.23. The molecule has 0 aliphatic carbocycles. The van der Waals surface area contributed by atoms with Crippen LogP contribution in [0.15, 0.2) is 164 Å². The number of nitrogens with two attached hydrogens (primary N) is 1. The van der Waals surface area contributed by atoms with Gasteiger partial charge < -0.3 is 24.5 Å². The van der Waals surface area contributed by atoms with Crippen LogP contribution in [0, 0.1) is 0 Å². The third kappa shape index (κ3) is 4.45. The zero-order valence-electron chi connectivity index (χ0n) is 27.7. The number of furan rings is 2. The highest BCUT2D eigenvalue weighted by atomic mass is 16.3. The fourth-order valence-electron chi connectivity index (χ4n) is 7.60. The third-order valence-electron chi connectivity index (χ3n) is 9.86. The summed E-state index contributed by atoms with van der Waals surface area (Å²) in [5.74, 6) is 1.66. The van der Waals surface area contributed by atoms with E-state index in [0.717, 1.165) is 66.3 Å². The SMILES string of the molecule is C/C=C(/C1=NC(c2cccc3c2oc2ccccc23)N=C(c2ccccc2)N1)c1c(N)oc2c(-n3c4ccccc4c4ccccc43)cccc12. The average Bonchev–Trinajstić information content (AvgIpc) is 3.84. The van der Waals surface area contributed by atoms with Crippen molar-refractivity contribution in [1.29, 1.82) is 0 Å². The Morgan fingerprint density at radius 2 is 1.29 bits per heavy atom. The van der Waals surface area contributed by atoms with E-state index in [9.17, 15) is 0 Å². The lowest BCUT2D eigenvalue weighted by molar-refractivity contribution is 0.634. The predicted molar refractivity (Wildman–Crippen MR) is 209 cm³/mol. The number of aliphatic imine (C=N–C) groups is 2. The van der Waals surface area contributed by atoms with Crippen LogP contribution >= 0.6 is 0 Å². The van der Waals surface area contributed by atoms with Crippen molar-refractivity contribution in [3.63, 3.8) is 0 Å². The molecule has 9 aromatic rings. The number of nitrogens with one attached hydrogen (secondary N) is 1. The zero-order valence-corrected chi connectivity index (χ0v) is 27.7. The molecule has 1 aliphatic rings. The highest BCUT2D eigenvalue weighted by molar-refractivity contribution is 6.32. The fourth-order valence-corrected chi connectivity index (χ4v) is 7.60. The van der Waals surface area contributed by atoms with E-state index in [1.165, 1.54) is 10.8 Å². The molecule has 1 aliphatic heterocycles. The Bertz CT molecular complexity index is 2870. The summed E-state index contributed by atoms with van der Waals surface area (Å²) in [6.07, 6.45) is 1.45. The topological polar surface area (TPSA) is 94.0 Å². The highest BCUT2D eigenvalue weighted by Crippen LogP contribution is 2.42. The predicted octanol–water partition coefficient (Wildman–Crippen LogP) is 10.6. The van der Waals surface area contributed by atoms with Gasteiger partial charge in [0.05, 0.1) is 22.3 Å². The van der Waals surface area contributed by atoms with Gasteiger partial charge in [0.1, 0.15) is 22.8 Å². The number of hydrogen-bond donors (Lipinski definition) is 2. The number of nitrogen functional groups attached to an aromatic ring is 1. The van der Waals surface area contributed by atoms with Crippen LogP contribution in [0.1, 0.15) is 29.8 Å². The Morgan fingerprint density at radius 3 is 2.06 bits per heavy atom. The van der Waals surface area contributed by atoms with Gasteiger partial charge in [-0.3, -0.25) is 0 Å². The summed E-state index contributed by atoms with van der Waals surface area (Å²) in [5, 5.41) is 8.91. The molecule has 0 radical (unpaired) electrons. The van der Waals surface area contributed by atoms with Gasteiger partial charge in [-0.1, -0.05) is 121 Å². The normalized spacial score (nSPS) is 15.2. The maximum Gasteiger partial charge on any atom is 0.199 e. The number of anilines is 1. The van der Waals surface area contributed by atoms with E-state index in [-0.39, 0.29) is 0 Å². The molecular weight excluding hydrogens is 631 g/mol. The summed E-state index contributed by atoms with van der Waals surface area (Å²) in [6, 6.07) is 47.5. The molecule has 10 rings (SSSR count). The van der Waals surface area contributed by atoms with Crippen LogP contribution in [0.5, 0.6) is 0 Å². The van der Waals surface area contributed by atoms with Gasteiger partial charge in [0.25, 0.3) is 0 Å². The van der Waals surface area contributed by atoms with Crippen molar-refractivity contribution in [2.75, 3.05) is 5.73 Å². The minimum Gasteiger partial charge on any atom is -0.456 e. The van der Waals surface area contributed by atoms with Crippen LogP contribution in [-0.4, -0.2) is 16.2 Å². The maximum atomic E-state index is 6.85. The van der Waals surface area contributed by atoms with Crippen LogP contribution in [0.3, 0.4) is 0 Å². The van der Waals surface area contributed by atoms with E-state index in [0.29, 0.717) is 23.1 Å². The molecule has 0 spiro atoms. The van der Waals surface area contributed by atoms with Crippen molar-refractivity contribution in [3.05, 3.63) is 162 Å². The minimum atomic E-state index is -0.580. The van der Waals surface area contributed by atoms with Crippen LogP contribution < -0.4 is 11.1 Å². The van der Waals surface area contributed by atoms with E-state index in [1.54, 1.807) is 0 Å². The average molecular weight is 662 g/mol. The van der Waals surface area contributed by atoms with Crippen molar-refractivity contribution in [2.45, 2.75) is 13.1 Å². The number of para-hydroxylation sites is 5. The summed E-state index contributed by atoms with van der Waals surface area (Å²) in [4.78, 5) is 10.4. The first-order valence-electron chi connectivity index (χ1n) is 17.0. The van der Waals surface area contributed by atoms with Gasteiger partial charge in [0.2, 0.25) is 0 Å². The Kier molecular flexibility index (Phi) is 6.48. The largest absolute Gasteiger partial charge is 0.456 e. The number of benzene rings is 6. The molecule has 6 aromatic carbocycles. The van der Waals surface area contributed by atoms with Crippen molar-refractivity contribution in [2.24, 2.45) is 9.98 Å². The van der Waals surface area contributed by atoms with E-state index >= 15 is 0 Å². The van der Waals surface area contributed by atoms with Crippen LogP contribution in [0.4, 0.5) is 5.88 Å². The van der Waals surface area contributed by atoms with Crippen LogP contribution in [-0.2, 0) is 0 Å². The molecule has 3 aromatic heterocycles. The highest BCUT2D eigenvalue weighted by Gasteiger charge is 2.28. The van der Waals surface area contributed by atoms with Crippen molar-refractivity contribution >= 4 is 77.8 Å². The maximum absolute atomic E-state index is 6.85. The van der Waals surface area contributed by atoms with Gasteiger partial charge in [0.15, 0.2) is 17.6 Å². The molecule has 3 N–H and O–H groups in total. The molecule has 7 nitrogen and oxygen atoms in total. The van der Waals surface area contributed by atoms with Gasteiger partial charge in [-0.15, -0.1) is 0 Å². The third-order valence-corrected chi connectivity index (χ3v) is 9.86. The molecule has 0 saturated carbocycles. The molecule has 0 fully saturated rings. The van der Waals surface area contributed by atoms with Gasteiger partial charge in [-0.05, 0) is 31.2 Å². The Hall–Kier alpha value is -6.86. The summed E-state index contributed by atoms with van der Waals surface area (Å²) < 4.78 is 15.2. The lowest BCUT2D eigenvalue weighted by Crippen LogP contribution is -2.36. The van der Waals surface area contributed by atoms with E-state index in [2.05, 4.69) is 88.7 Å². The summed E-state index contributed by atoms with van der Waals surface area (Å²) in [7, 11) is 0. The Morgan fingerprint density at radius 1 is 0.647 bits per heavy atom. The molecule has 4 heterocycles. The molecule has 1 atom stereocenters. The molecule has 51 heavy (non-hydrogen) atoms. The Balaban J connectivity index is 1.16. The van der Waals surface area contributed by atoms with Crippen molar-refractivity contribution in [1.82, 2.24) is 9.88 Å². The molecular formula is C44H31N5O2. The van der Waals surface area contributed by atoms with E-state index in [1.807, 2.05) is 73.7 Å². The smallest absolute Gasteiger partial charge is 0.199 e. The first kappa shape index (κ1) is 29.1. The van der Waals surface area contributed by atoms with E-state index in [4.69, 9.17) is 24.6 Å². The van der Waals surface area contributed by atoms with Crippen LogP contribution in [0.25, 0.3) is 66.0 Å². The molecule has 244 valence electrons. The zero-order chi connectivity index (χ0) is 34.1. The first-order valence-corrected chi connectivity index (χ1v) is 17.0. The van der Waals surface area contributed by atoms with Gasteiger partial charge in [0, 0.05) is 43.6 Å². The molecule has 0 bridgehead atoms. The second-order valence-electron chi connectivity index (χ2n) is 12.7. The second kappa shape index (κ2) is 11.4. The van der Waals surface area contributed by atoms with Gasteiger partial charge in [-0.25, -0.2) is 9.98 Å². The monoisotopic (exact) mass is 661 g/mol. The quantitative estimate of drug-likeness (QED) is 0.192. The number of hydrogen-bond acceptors (Lipinski definition) is 6. The van der Waals surface area contributed by atoms with Gasteiger partial charge >= 0.3 is 0 Å². The number of fused-ring (bicyclic) bond motifs is 7. The summed E-state index contributed by atoms with van der Waals surface area (Å²) in [5.41, 5.74) is 15.7. The Labute approximate surface area is 292 Å². The lowest BCUT2D eigenvalue weighted by atomic mass is 10.0. The number of nitrogens with zero attached hydrogens (tertiary/aromatic N) is 3. The molecule has 1 unspecified atom stereocenters. The fraction of sp³-hybridized carbons (Fsp3) is 0.0455. The summed E-state index contributed by atoms with van der Waals surface area (Å²) >= 11 is 0. The second-order valence-corrected chi connectivity index (χ2v) is 12.7. The molecule has 0 saturated heterocycles. The van der Waals surface area contributed by atoms with Crippen LogP contribution in [0.2, 0.25) is 0 Å². The number of rotatable bonds is 5. The molecule has 7 heteroatoms. The van der Waals surface area contributed by atoms with Gasteiger partial charge in [-0.2, -0.15) is 0 Å². The number of amidine groups is 2. The number of allylic oxidation sites excluding steroid dienone is 1. The molecule has 0 amide bonds. The van der Waals surface area contributed by atoms with Crippen molar-refractivity contribution in [3.8, 4) is 5.69 Å².